The molecule has 164 valence electrons. The lowest BCUT2D eigenvalue weighted by atomic mass is 10.1. The fourth-order valence-corrected chi connectivity index (χ4v) is 3.04. The van der Waals surface area contributed by atoms with E-state index in [9.17, 15) is 14.4 Å². The van der Waals surface area contributed by atoms with Gasteiger partial charge in [0.2, 0.25) is 0 Å². The Labute approximate surface area is 184 Å². The number of halogens is 2. The Kier molecular flexibility index (Phi) is 8.76. The standard InChI is InChI=1S/C15H19Cl2N3O2.C4H4O4/c1-18-4-6-19(7-5-18)15(21)20-9-12(10-20)22-11-2-3-13(16)14(17)8-11;5-3(6)1-2-4(7)8/h2-3,8,12H,4-7,9-10H2,1H3;1-2H,(H,5,6)(H,7,8). The third-order valence-electron chi connectivity index (χ3n) is 4.45. The van der Waals surface area contributed by atoms with Crippen molar-refractivity contribution in [3.63, 3.8) is 0 Å². The van der Waals surface area contributed by atoms with Gasteiger partial charge in [0.05, 0.1) is 23.1 Å². The highest BCUT2D eigenvalue weighted by atomic mass is 35.5. The summed E-state index contributed by atoms with van der Waals surface area (Å²) in [5.74, 6) is -1.83. The lowest BCUT2D eigenvalue weighted by Gasteiger charge is -2.43. The van der Waals surface area contributed by atoms with Gasteiger partial charge >= 0.3 is 18.0 Å². The molecule has 2 saturated heterocycles. The van der Waals surface area contributed by atoms with Crippen LogP contribution in [0.4, 0.5) is 4.79 Å². The number of carboxylic acids is 2. The zero-order valence-corrected chi connectivity index (χ0v) is 17.8. The lowest BCUT2D eigenvalue weighted by Crippen LogP contribution is -2.61. The summed E-state index contributed by atoms with van der Waals surface area (Å²) in [6.45, 7) is 4.69. The van der Waals surface area contributed by atoms with E-state index in [-0.39, 0.29) is 12.1 Å². The molecule has 0 aliphatic carbocycles. The number of carboxylic acid groups (broad SMARTS) is 2. The molecule has 2 N–H and O–H groups in total. The molecule has 1 aromatic rings. The summed E-state index contributed by atoms with van der Waals surface area (Å²) in [6.07, 6.45) is 1.14. The topological polar surface area (TPSA) is 111 Å². The first-order chi connectivity index (χ1) is 14.2. The van der Waals surface area contributed by atoms with Crippen LogP contribution in [-0.2, 0) is 9.59 Å². The highest BCUT2D eigenvalue weighted by Crippen LogP contribution is 2.28. The minimum atomic E-state index is -1.26. The number of amides is 2. The van der Waals surface area contributed by atoms with Crippen LogP contribution in [0.2, 0.25) is 10.0 Å². The highest BCUT2D eigenvalue weighted by Gasteiger charge is 2.35. The fraction of sp³-hybridized carbons (Fsp3) is 0.421. The van der Waals surface area contributed by atoms with E-state index in [4.69, 9.17) is 38.2 Å². The molecular weight excluding hydrogens is 437 g/mol. The molecule has 2 fully saturated rings. The second-order valence-electron chi connectivity index (χ2n) is 6.80. The summed E-state index contributed by atoms with van der Waals surface area (Å²) in [4.78, 5) is 37.4. The van der Waals surface area contributed by atoms with Crippen molar-refractivity contribution in [1.29, 1.82) is 0 Å². The summed E-state index contributed by atoms with van der Waals surface area (Å²) in [5.41, 5.74) is 0. The third kappa shape index (κ3) is 7.40. The van der Waals surface area contributed by atoms with Crippen molar-refractivity contribution in [2.24, 2.45) is 0 Å². The van der Waals surface area contributed by atoms with Crippen molar-refractivity contribution < 1.29 is 29.3 Å². The molecule has 0 aromatic heterocycles. The van der Waals surface area contributed by atoms with E-state index in [1.54, 1.807) is 18.2 Å². The van der Waals surface area contributed by atoms with Crippen molar-refractivity contribution in [2.75, 3.05) is 46.3 Å². The number of carbonyl (C=O) groups is 3. The molecule has 0 unspecified atom stereocenters. The van der Waals surface area contributed by atoms with Gasteiger partial charge in [-0.1, -0.05) is 23.2 Å². The van der Waals surface area contributed by atoms with Crippen LogP contribution < -0.4 is 4.74 Å². The number of carbonyl (C=O) groups excluding carboxylic acids is 1. The number of aliphatic carboxylic acids is 2. The van der Waals surface area contributed by atoms with Gasteiger partial charge in [0, 0.05) is 44.4 Å². The Morgan fingerprint density at radius 2 is 1.53 bits per heavy atom. The summed E-state index contributed by atoms with van der Waals surface area (Å²) < 4.78 is 5.81. The van der Waals surface area contributed by atoms with Gasteiger partial charge in [0.25, 0.3) is 0 Å². The molecule has 2 aliphatic heterocycles. The SMILES string of the molecule is CN1CCN(C(=O)N2CC(Oc3ccc(Cl)c(Cl)c3)C2)CC1.O=C(O)C=CC(=O)O. The largest absolute Gasteiger partial charge is 0.487 e. The quantitative estimate of drug-likeness (QED) is 0.663. The average molecular weight is 460 g/mol. The number of hydrogen-bond acceptors (Lipinski definition) is 5. The van der Waals surface area contributed by atoms with Crippen molar-refractivity contribution in [1.82, 2.24) is 14.7 Å². The van der Waals surface area contributed by atoms with Gasteiger partial charge in [-0.2, -0.15) is 0 Å². The van der Waals surface area contributed by atoms with Crippen molar-refractivity contribution in [3.8, 4) is 5.75 Å². The number of rotatable bonds is 4. The third-order valence-corrected chi connectivity index (χ3v) is 5.19. The molecule has 0 saturated carbocycles. The first-order valence-electron chi connectivity index (χ1n) is 9.13. The molecule has 11 heteroatoms. The van der Waals surface area contributed by atoms with Gasteiger partial charge < -0.3 is 29.6 Å². The predicted octanol–water partition coefficient (Wildman–Crippen LogP) is 2.14. The molecule has 2 aliphatic rings. The normalized spacial score (nSPS) is 17.2. The van der Waals surface area contributed by atoms with Crippen LogP contribution in [0.1, 0.15) is 0 Å². The second kappa shape index (κ2) is 11.1. The van der Waals surface area contributed by atoms with Gasteiger partial charge in [-0.05, 0) is 19.2 Å². The first kappa shape index (κ1) is 23.8. The van der Waals surface area contributed by atoms with Crippen molar-refractivity contribution in [3.05, 3.63) is 40.4 Å². The Bertz CT molecular complexity index is 789. The van der Waals surface area contributed by atoms with Crippen LogP contribution in [0.25, 0.3) is 0 Å². The maximum Gasteiger partial charge on any atom is 0.328 e. The number of likely N-dealkylation sites (N-methyl/N-ethyl adjacent to an activating group) is 1. The van der Waals surface area contributed by atoms with E-state index in [0.717, 1.165) is 26.2 Å². The maximum atomic E-state index is 12.3. The molecule has 0 radical (unpaired) electrons. The lowest BCUT2D eigenvalue weighted by molar-refractivity contribution is -0.134. The molecule has 1 aromatic carbocycles. The molecule has 2 heterocycles. The smallest absolute Gasteiger partial charge is 0.328 e. The van der Waals surface area contributed by atoms with Crippen LogP contribution >= 0.6 is 23.2 Å². The predicted molar refractivity (Wildman–Crippen MR) is 111 cm³/mol. The van der Waals surface area contributed by atoms with Gasteiger partial charge in [-0.25, -0.2) is 14.4 Å². The van der Waals surface area contributed by atoms with E-state index >= 15 is 0 Å². The molecule has 3 rings (SSSR count). The molecule has 9 nitrogen and oxygen atoms in total. The van der Waals surface area contributed by atoms with Crippen LogP contribution in [0, 0.1) is 0 Å². The van der Waals surface area contributed by atoms with E-state index in [2.05, 4.69) is 11.9 Å². The first-order valence-corrected chi connectivity index (χ1v) is 9.89. The Morgan fingerprint density at radius 1 is 0.967 bits per heavy atom. The van der Waals surface area contributed by atoms with Crippen LogP contribution in [0.5, 0.6) is 5.75 Å². The van der Waals surface area contributed by atoms with Gasteiger partial charge in [0.15, 0.2) is 0 Å². The summed E-state index contributed by atoms with van der Waals surface area (Å²) in [5, 5.41) is 16.6. The Hall–Kier alpha value is -2.49. The molecule has 0 spiro atoms. The average Bonchev–Trinajstić information content (AvgIpc) is 2.66. The van der Waals surface area contributed by atoms with E-state index < -0.39 is 11.9 Å². The fourth-order valence-electron chi connectivity index (χ4n) is 2.75. The number of likely N-dealkylation sites (tertiary alicyclic amines) is 1. The van der Waals surface area contributed by atoms with Crippen LogP contribution in [0.15, 0.2) is 30.4 Å². The maximum absolute atomic E-state index is 12.3. The number of piperazine rings is 1. The zero-order valence-electron chi connectivity index (χ0n) is 16.3. The molecule has 0 atom stereocenters. The summed E-state index contributed by atoms with van der Waals surface area (Å²) >= 11 is 11.8. The van der Waals surface area contributed by atoms with Gasteiger partial charge in [-0.3, -0.25) is 0 Å². The zero-order chi connectivity index (χ0) is 22.3. The van der Waals surface area contributed by atoms with Crippen molar-refractivity contribution in [2.45, 2.75) is 6.10 Å². The summed E-state index contributed by atoms with van der Waals surface area (Å²) in [6, 6.07) is 5.32. The Morgan fingerprint density at radius 3 is 2.03 bits per heavy atom. The molecule has 30 heavy (non-hydrogen) atoms. The molecule has 0 bridgehead atoms. The summed E-state index contributed by atoms with van der Waals surface area (Å²) in [7, 11) is 2.08. The number of urea groups is 1. The van der Waals surface area contributed by atoms with Gasteiger partial charge in [0.1, 0.15) is 11.9 Å². The Balaban J connectivity index is 0.000000343. The molecular formula is C19H23Cl2N3O6. The van der Waals surface area contributed by atoms with Crippen LogP contribution in [-0.4, -0.2) is 95.3 Å². The van der Waals surface area contributed by atoms with E-state index in [1.807, 2.05) is 9.80 Å². The number of benzene rings is 1. The van der Waals surface area contributed by atoms with E-state index in [1.165, 1.54) is 0 Å². The number of hydrogen-bond donors (Lipinski definition) is 2. The molecule has 2 amide bonds. The van der Waals surface area contributed by atoms with Crippen molar-refractivity contribution >= 4 is 41.2 Å². The minimum absolute atomic E-state index is 0.0219. The van der Waals surface area contributed by atoms with Gasteiger partial charge in [-0.15, -0.1) is 0 Å². The second-order valence-corrected chi connectivity index (χ2v) is 7.62. The van der Waals surface area contributed by atoms with E-state index in [0.29, 0.717) is 41.0 Å². The van der Waals surface area contributed by atoms with Crippen LogP contribution in [0.3, 0.4) is 0 Å². The minimum Gasteiger partial charge on any atom is -0.487 e. The monoisotopic (exact) mass is 459 g/mol. The number of ether oxygens (including phenoxy) is 1. The highest BCUT2D eigenvalue weighted by molar-refractivity contribution is 6.42. The number of nitrogens with zero attached hydrogens (tertiary/aromatic N) is 3.